The third kappa shape index (κ3) is 3.02. The van der Waals surface area contributed by atoms with Gasteiger partial charge in [0.1, 0.15) is 0 Å². The fourth-order valence-electron chi connectivity index (χ4n) is 1.68. The summed E-state index contributed by atoms with van der Waals surface area (Å²) < 4.78 is 0. The second kappa shape index (κ2) is 5.88. The van der Waals surface area contributed by atoms with Crippen molar-refractivity contribution in [3.8, 4) is 0 Å². The van der Waals surface area contributed by atoms with Gasteiger partial charge >= 0.3 is 0 Å². The maximum atomic E-state index is 11.9. The van der Waals surface area contributed by atoms with Crippen LogP contribution in [0.15, 0.2) is 24.3 Å². The van der Waals surface area contributed by atoms with E-state index in [0.717, 1.165) is 11.6 Å². The summed E-state index contributed by atoms with van der Waals surface area (Å²) in [4.78, 5) is 23.3. The van der Waals surface area contributed by atoms with Gasteiger partial charge in [-0.25, -0.2) is 0 Å². The summed E-state index contributed by atoms with van der Waals surface area (Å²) in [5, 5.41) is 8.45. The van der Waals surface area contributed by atoms with Gasteiger partial charge in [0.15, 0.2) is 0 Å². The number of anilines is 1. The minimum atomic E-state index is -0.166. The Labute approximate surface area is 110 Å². The summed E-state index contributed by atoms with van der Waals surface area (Å²) in [6, 6.07) is 6.74. The Kier molecular flexibility index (Phi) is 4.22. The second-order valence-electron chi connectivity index (χ2n) is 3.92. The molecule has 1 heterocycles. The zero-order valence-corrected chi connectivity index (χ0v) is 10.8. The Balaban J connectivity index is 2.04. The van der Waals surface area contributed by atoms with Crippen molar-refractivity contribution in [1.29, 1.82) is 0 Å². The number of hydrogen-bond acceptors (Lipinski definition) is 4. The van der Waals surface area contributed by atoms with Crippen molar-refractivity contribution >= 4 is 29.3 Å². The normalized spacial score (nSPS) is 18.4. The molecule has 6 heteroatoms. The van der Waals surface area contributed by atoms with E-state index in [2.05, 4.69) is 16.0 Å². The van der Waals surface area contributed by atoms with E-state index in [0.29, 0.717) is 11.3 Å². The number of thioether (sulfide) groups is 1. The topological polar surface area (TPSA) is 70.2 Å². The van der Waals surface area contributed by atoms with Gasteiger partial charge in [-0.2, -0.15) is 0 Å². The molecule has 1 aliphatic heterocycles. The zero-order valence-electron chi connectivity index (χ0n) is 10.0. The molecular weight excluding hydrogens is 250 g/mol. The second-order valence-corrected chi connectivity index (χ2v) is 4.95. The van der Waals surface area contributed by atoms with Crippen LogP contribution in [0.1, 0.15) is 10.4 Å². The maximum absolute atomic E-state index is 11.9. The molecular formula is C12H15N3O2S. The lowest BCUT2D eigenvalue weighted by molar-refractivity contribution is -0.117. The summed E-state index contributed by atoms with van der Waals surface area (Å²) in [6.07, 6.45) is 0. The molecule has 5 nitrogen and oxygen atoms in total. The van der Waals surface area contributed by atoms with Crippen LogP contribution >= 0.6 is 11.8 Å². The van der Waals surface area contributed by atoms with Crippen LogP contribution in [0.5, 0.6) is 0 Å². The van der Waals surface area contributed by atoms with E-state index in [4.69, 9.17) is 0 Å². The van der Waals surface area contributed by atoms with Crippen molar-refractivity contribution in [2.75, 3.05) is 24.0 Å². The lowest BCUT2D eigenvalue weighted by atomic mass is 10.2. The fourth-order valence-corrected chi connectivity index (χ4v) is 2.62. The Hall–Kier alpha value is -1.53. The molecule has 1 unspecified atom stereocenters. The van der Waals surface area contributed by atoms with E-state index >= 15 is 0 Å². The predicted molar refractivity (Wildman–Crippen MR) is 72.7 cm³/mol. The molecule has 1 aliphatic rings. The molecule has 18 heavy (non-hydrogen) atoms. The van der Waals surface area contributed by atoms with Crippen molar-refractivity contribution in [2.45, 2.75) is 6.04 Å². The minimum Gasteiger partial charge on any atom is -0.355 e. The van der Waals surface area contributed by atoms with Gasteiger partial charge in [0, 0.05) is 29.9 Å². The number of carbonyl (C=O) groups is 2. The van der Waals surface area contributed by atoms with Gasteiger partial charge in [0.2, 0.25) is 5.91 Å². The Morgan fingerprint density at radius 2 is 2.28 bits per heavy atom. The molecule has 1 aromatic carbocycles. The van der Waals surface area contributed by atoms with E-state index in [1.165, 1.54) is 0 Å². The molecule has 2 amide bonds. The van der Waals surface area contributed by atoms with E-state index in [1.54, 1.807) is 43.1 Å². The largest absolute Gasteiger partial charge is 0.355 e. The summed E-state index contributed by atoms with van der Waals surface area (Å²) in [5.74, 6) is 1.35. The van der Waals surface area contributed by atoms with Crippen LogP contribution in [-0.2, 0) is 4.79 Å². The summed E-state index contributed by atoms with van der Waals surface area (Å²) in [6.45, 7) is 0. The maximum Gasteiger partial charge on any atom is 0.251 e. The van der Waals surface area contributed by atoms with Crippen LogP contribution in [-0.4, -0.2) is 36.5 Å². The number of rotatable bonds is 3. The first kappa shape index (κ1) is 12.9. The Morgan fingerprint density at radius 1 is 1.44 bits per heavy atom. The number of carbonyl (C=O) groups excluding carboxylic acids is 2. The highest BCUT2D eigenvalue weighted by atomic mass is 32.2. The van der Waals surface area contributed by atoms with Crippen molar-refractivity contribution in [1.82, 2.24) is 10.6 Å². The molecule has 0 saturated carbocycles. The van der Waals surface area contributed by atoms with Gasteiger partial charge in [-0.05, 0) is 18.2 Å². The average molecular weight is 265 g/mol. The zero-order chi connectivity index (χ0) is 13.0. The standard InChI is InChI=1S/C12H15N3O2S/c1-13-11(16)8-3-2-4-9(5-8)15-12(17)10-6-18-7-14-10/h2-5,10,14H,6-7H2,1H3,(H,13,16)(H,15,17). The van der Waals surface area contributed by atoms with Gasteiger partial charge in [-0.1, -0.05) is 6.07 Å². The van der Waals surface area contributed by atoms with E-state index in [-0.39, 0.29) is 17.9 Å². The van der Waals surface area contributed by atoms with Crippen LogP contribution in [0, 0.1) is 0 Å². The Bertz CT molecular complexity index is 458. The molecule has 96 valence electrons. The first-order valence-electron chi connectivity index (χ1n) is 5.65. The predicted octanol–water partition coefficient (Wildman–Crippen LogP) is 0.647. The van der Waals surface area contributed by atoms with Crippen LogP contribution in [0.25, 0.3) is 0 Å². The van der Waals surface area contributed by atoms with Gasteiger partial charge in [0.05, 0.1) is 6.04 Å². The lowest BCUT2D eigenvalue weighted by Crippen LogP contribution is -2.37. The Morgan fingerprint density at radius 3 is 2.94 bits per heavy atom. The molecule has 1 fully saturated rings. The highest BCUT2D eigenvalue weighted by Gasteiger charge is 2.22. The molecule has 0 aromatic heterocycles. The van der Waals surface area contributed by atoms with Gasteiger partial charge in [-0.3, -0.25) is 14.9 Å². The minimum absolute atomic E-state index is 0.0611. The average Bonchev–Trinajstić information content (AvgIpc) is 2.92. The molecule has 0 aliphatic carbocycles. The summed E-state index contributed by atoms with van der Waals surface area (Å²) in [5.41, 5.74) is 1.17. The molecule has 1 saturated heterocycles. The number of amides is 2. The lowest BCUT2D eigenvalue weighted by Gasteiger charge is -2.11. The third-order valence-electron chi connectivity index (χ3n) is 2.65. The molecule has 0 spiro atoms. The van der Waals surface area contributed by atoms with Crippen LogP contribution < -0.4 is 16.0 Å². The number of hydrogen-bond donors (Lipinski definition) is 3. The van der Waals surface area contributed by atoms with Gasteiger partial charge in [0.25, 0.3) is 5.91 Å². The van der Waals surface area contributed by atoms with E-state index in [1.807, 2.05) is 0 Å². The third-order valence-corrected chi connectivity index (χ3v) is 3.59. The van der Waals surface area contributed by atoms with E-state index < -0.39 is 0 Å². The first-order chi connectivity index (χ1) is 8.70. The molecule has 1 atom stereocenters. The monoisotopic (exact) mass is 265 g/mol. The number of nitrogens with one attached hydrogen (secondary N) is 3. The quantitative estimate of drug-likeness (QED) is 0.750. The highest BCUT2D eigenvalue weighted by Crippen LogP contribution is 2.14. The van der Waals surface area contributed by atoms with Crippen LogP contribution in [0.4, 0.5) is 5.69 Å². The first-order valence-corrected chi connectivity index (χ1v) is 6.80. The van der Waals surface area contributed by atoms with Gasteiger partial charge in [-0.15, -0.1) is 11.8 Å². The molecule has 2 rings (SSSR count). The highest BCUT2D eigenvalue weighted by molar-refractivity contribution is 7.99. The molecule has 0 bridgehead atoms. The van der Waals surface area contributed by atoms with Crippen molar-refractivity contribution < 1.29 is 9.59 Å². The van der Waals surface area contributed by atoms with Crippen LogP contribution in [0.2, 0.25) is 0 Å². The van der Waals surface area contributed by atoms with Crippen molar-refractivity contribution in [3.05, 3.63) is 29.8 Å². The summed E-state index contributed by atoms with van der Waals surface area (Å²) in [7, 11) is 1.58. The van der Waals surface area contributed by atoms with Crippen molar-refractivity contribution in [3.63, 3.8) is 0 Å². The summed E-state index contributed by atoms with van der Waals surface area (Å²) >= 11 is 1.70. The smallest absolute Gasteiger partial charge is 0.251 e. The molecule has 1 aromatic rings. The fraction of sp³-hybridized carbons (Fsp3) is 0.333. The van der Waals surface area contributed by atoms with Crippen molar-refractivity contribution in [2.24, 2.45) is 0 Å². The SMILES string of the molecule is CNC(=O)c1cccc(NC(=O)C2CSCN2)c1. The molecule has 0 radical (unpaired) electrons. The van der Waals surface area contributed by atoms with Gasteiger partial charge < -0.3 is 10.6 Å². The van der Waals surface area contributed by atoms with Crippen LogP contribution in [0.3, 0.4) is 0 Å². The van der Waals surface area contributed by atoms with E-state index in [9.17, 15) is 9.59 Å². The number of benzene rings is 1. The molecule has 3 N–H and O–H groups in total.